The third-order valence-corrected chi connectivity index (χ3v) is 4.36. The standard InChI is InChI=1S/C13H24N2O3/c1-12(17)4-3-6-15(7-5-12)11(16)13(2)9-18-8-10(13)14/h10,17H,3-9,14H2,1-2H3. The van der Waals surface area contributed by atoms with Crippen molar-refractivity contribution in [3.63, 3.8) is 0 Å². The van der Waals surface area contributed by atoms with Gasteiger partial charge in [-0.05, 0) is 33.1 Å². The van der Waals surface area contributed by atoms with Crippen LogP contribution in [0.4, 0.5) is 0 Å². The molecule has 3 N–H and O–H groups in total. The zero-order valence-corrected chi connectivity index (χ0v) is 11.3. The number of hydrogen-bond acceptors (Lipinski definition) is 4. The number of hydrogen-bond donors (Lipinski definition) is 2. The molecule has 2 aliphatic rings. The van der Waals surface area contributed by atoms with Crippen LogP contribution in [-0.2, 0) is 9.53 Å². The molecule has 0 aromatic rings. The first-order chi connectivity index (χ1) is 8.35. The first-order valence-electron chi connectivity index (χ1n) is 6.70. The molecule has 18 heavy (non-hydrogen) atoms. The second-order valence-corrected chi connectivity index (χ2v) is 6.18. The molecule has 2 saturated heterocycles. The Balaban J connectivity index is 2.05. The Bertz CT molecular complexity index is 332. The van der Waals surface area contributed by atoms with Gasteiger partial charge in [0.1, 0.15) is 0 Å². The molecule has 5 nitrogen and oxygen atoms in total. The molecule has 5 heteroatoms. The number of likely N-dealkylation sites (tertiary alicyclic amines) is 1. The maximum absolute atomic E-state index is 12.6. The van der Waals surface area contributed by atoms with E-state index in [1.165, 1.54) is 0 Å². The fourth-order valence-corrected chi connectivity index (χ4v) is 2.74. The van der Waals surface area contributed by atoms with Crippen molar-refractivity contribution >= 4 is 5.91 Å². The van der Waals surface area contributed by atoms with Gasteiger partial charge in [-0.15, -0.1) is 0 Å². The van der Waals surface area contributed by atoms with Crippen molar-refractivity contribution in [1.29, 1.82) is 0 Å². The summed E-state index contributed by atoms with van der Waals surface area (Å²) in [6.07, 6.45) is 2.21. The van der Waals surface area contributed by atoms with Crippen LogP contribution in [0.1, 0.15) is 33.1 Å². The number of carbonyl (C=O) groups excluding carboxylic acids is 1. The van der Waals surface area contributed by atoms with Crippen LogP contribution in [0.15, 0.2) is 0 Å². The highest BCUT2D eigenvalue weighted by Crippen LogP contribution is 2.31. The van der Waals surface area contributed by atoms with Crippen molar-refractivity contribution in [1.82, 2.24) is 4.90 Å². The van der Waals surface area contributed by atoms with E-state index < -0.39 is 11.0 Å². The number of nitrogens with zero attached hydrogens (tertiary/aromatic N) is 1. The number of carbonyl (C=O) groups is 1. The van der Waals surface area contributed by atoms with Gasteiger partial charge in [-0.1, -0.05) is 0 Å². The van der Waals surface area contributed by atoms with E-state index in [0.29, 0.717) is 32.7 Å². The molecule has 104 valence electrons. The lowest BCUT2D eigenvalue weighted by Gasteiger charge is -2.32. The van der Waals surface area contributed by atoms with Gasteiger partial charge in [-0.25, -0.2) is 0 Å². The van der Waals surface area contributed by atoms with Gasteiger partial charge >= 0.3 is 0 Å². The van der Waals surface area contributed by atoms with Gasteiger partial charge in [0.05, 0.1) is 24.2 Å². The minimum atomic E-state index is -0.649. The van der Waals surface area contributed by atoms with Crippen molar-refractivity contribution in [2.45, 2.75) is 44.8 Å². The Hall–Kier alpha value is -0.650. The molecule has 2 aliphatic heterocycles. The van der Waals surface area contributed by atoms with Gasteiger partial charge in [0.15, 0.2) is 0 Å². The highest BCUT2D eigenvalue weighted by molar-refractivity contribution is 5.83. The van der Waals surface area contributed by atoms with Gasteiger partial charge in [-0.3, -0.25) is 4.79 Å². The Kier molecular flexibility index (Phi) is 3.67. The summed E-state index contributed by atoms with van der Waals surface area (Å²) >= 11 is 0. The Morgan fingerprint density at radius 2 is 2.11 bits per heavy atom. The summed E-state index contributed by atoms with van der Waals surface area (Å²) in [7, 11) is 0. The van der Waals surface area contributed by atoms with Crippen LogP contribution < -0.4 is 5.73 Å². The second-order valence-electron chi connectivity index (χ2n) is 6.18. The Labute approximate surface area is 108 Å². The lowest BCUT2D eigenvalue weighted by atomic mass is 9.84. The average molecular weight is 256 g/mol. The molecular weight excluding hydrogens is 232 g/mol. The lowest BCUT2D eigenvalue weighted by Crippen LogP contribution is -2.51. The van der Waals surface area contributed by atoms with Gasteiger partial charge in [0.25, 0.3) is 0 Å². The van der Waals surface area contributed by atoms with Crippen LogP contribution in [0.5, 0.6) is 0 Å². The first-order valence-corrected chi connectivity index (χ1v) is 6.70. The maximum atomic E-state index is 12.6. The molecule has 0 bridgehead atoms. The molecule has 0 saturated carbocycles. The van der Waals surface area contributed by atoms with E-state index >= 15 is 0 Å². The molecule has 0 aromatic carbocycles. The monoisotopic (exact) mass is 256 g/mol. The fourth-order valence-electron chi connectivity index (χ4n) is 2.74. The summed E-state index contributed by atoms with van der Waals surface area (Å²) < 4.78 is 5.33. The van der Waals surface area contributed by atoms with E-state index in [9.17, 15) is 9.90 Å². The van der Waals surface area contributed by atoms with E-state index in [4.69, 9.17) is 10.5 Å². The summed E-state index contributed by atoms with van der Waals surface area (Å²) in [6.45, 7) is 5.89. The molecular formula is C13H24N2O3. The SMILES string of the molecule is CC1(O)CCCN(C(=O)C2(C)COCC2N)CC1. The van der Waals surface area contributed by atoms with E-state index in [2.05, 4.69) is 0 Å². The molecule has 3 unspecified atom stereocenters. The maximum Gasteiger partial charge on any atom is 0.232 e. The van der Waals surface area contributed by atoms with Crippen molar-refractivity contribution in [3.05, 3.63) is 0 Å². The van der Waals surface area contributed by atoms with E-state index in [-0.39, 0.29) is 11.9 Å². The Morgan fingerprint density at radius 3 is 2.72 bits per heavy atom. The highest BCUT2D eigenvalue weighted by Gasteiger charge is 2.46. The molecule has 1 amide bonds. The average Bonchev–Trinajstić information content (AvgIpc) is 2.54. The molecule has 2 heterocycles. The van der Waals surface area contributed by atoms with Crippen molar-refractivity contribution in [3.8, 4) is 0 Å². The molecule has 2 fully saturated rings. The highest BCUT2D eigenvalue weighted by atomic mass is 16.5. The van der Waals surface area contributed by atoms with Crippen LogP contribution >= 0.6 is 0 Å². The molecule has 0 spiro atoms. The Morgan fingerprint density at radius 1 is 1.39 bits per heavy atom. The topological polar surface area (TPSA) is 75.8 Å². The predicted molar refractivity (Wildman–Crippen MR) is 68.0 cm³/mol. The number of amides is 1. The quantitative estimate of drug-likeness (QED) is 0.698. The number of nitrogens with two attached hydrogens (primary N) is 1. The number of ether oxygens (including phenoxy) is 1. The molecule has 3 atom stereocenters. The normalized spacial score (nSPS) is 41.8. The van der Waals surface area contributed by atoms with Crippen molar-refractivity contribution in [2.24, 2.45) is 11.1 Å². The van der Waals surface area contributed by atoms with Gasteiger partial charge in [0, 0.05) is 19.1 Å². The van der Waals surface area contributed by atoms with Gasteiger partial charge in [0.2, 0.25) is 5.91 Å². The summed E-state index contributed by atoms with van der Waals surface area (Å²) in [5.41, 5.74) is 4.74. The van der Waals surface area contributed by atoms with Gasteiger partial charge in [-0.2, -0.15) is 0 Å². The van der Waals surface area contributed by atoms with E-state index in [1.807, 2.05) is 18.7 Å². The third-order valence-electron chi connectivity index (χ3n) is 4.36. The molecule has 0 aliphatic carbocycles. The molecule has 0 radical (unpaired) electrons. The molecule has 2 rings (SSSR count). The lowest BCUT2D eigenvalue weighted by molar-refractivity contribution is -0.141. The van der Waals surface area contributed by atoms with Crippen LogP contribution in [-0.4, -0.2) is 53.9 Å². The zero-order chi connectivity index (χ0) is 13.4. The summed E-state index contributed by atoms with van der Waals surface area (Å²) in [4.78, 5) is 14.4. The minimum Gasteiger partial charge on any atom is -0.390 e. The number of rotatable bonds is 1. The zero-order valence-electron chi connectivity index (χ0n) is 11.3. The van der Waals surface area contributed by atoms with Crippen LogP contribution in [0.2, 0.25) is 0 Å². The van der Waals surface area contributed by atoms with Gasteiger partial charge < -0.3 is 20.5 Å². The van der Waals surface area contributed by atoms with Crippen molar-refractivity contribution in [2.75, 3.05) is 26.3 Å². The van der Waals surface area contributed by atoms with E-state index in [0.717, 1.165) is 12.8 Å². The van der Waals surface area contributed by atoms with Crippen LogP contribution in [0, 0.1) is 5.41 Å². The van der Waals surface area contributed by atoms with Crippen LogP contribution in [0.3, 0.4) is 0 Å². The smallest absolute Gasteiger partial charge is 0.232 e. The van der Waals surface area contributed by atoms with E-state index in [1.54, 1.807) is 0 Å². The summed E-state index contributed by atoms with van der Waals surface area (Å²) in [5, 5.41) is 10.0. The first kappa shape index (κ1) is 13.8. The van der Waals surface area contributed by atoms with Crippen molar-refractivity contribution < 1.29 is 14.6 Å². The number of aliphatic hydroxyl groups is 1. The third kappa shape index (κ3) is 2.53. The predicted octanol–water partition coefficient (Wildman–Crippen LogP) is 0.114. The minimum absolute atomic E-state index is 0.0743. The van der Waals surface area contributed by atoms with Crippen LogP contribution in [0.25, 0.3) is 0 Å². The fraction of sp³-hybridized carbons (Fsp3) is 0.923. The largest absolute Gasteiger partial charge is 0.390 e. The second kappa shape index (κ2) is 4.79. The summed E-state index contributed by atoms with van der Waals surface area (Å²) in [5.74, 6) is 0.0743. The summed E-state index contributed by atoms with van der Waals surface area (Å²) in [6, 6.07) is -0.228. The molecule has 0 aromatic heterocycles.